The van der Waals surface area contributed by atoms with E-state index in [1.807, 2.05) is 0 Å². The maximum Gasteiger partial charge on any atom is 0.338 e. The lowest BCUT2D eigenvalue weighted by molar-refractivity contribution is 0.0600. The zero-order valence-electron chi connectivity index (χ0n) is 9.19. The minimum absolute atomic E-state index is 0.338. The average molecular weight is 221 g/mol. The predicted octanol–water partition coefficient (Wildman–Crippen LogP) is 0.642. The SMILES string of the molecule is COC(=O)c1ccnc(NC2CCNC2)c1. The number of nitrogens with zero attached hydrogens (tertiary/aromatic N) is 1. The van der Waals surface area contributed by atoms with Crippen LogP contribution in [-0.2, 0) is 4.74 Å². The number of pyridine rings is 1. The lowest BCUT2D eigenvalue weighted by Gasteiger charge is -2.12. The van der Waals surface area contributed by atoms with E-state index in [9.17, 15) is 4.79 Å². The molecule has 5 nitrogen and oxygen atoms in total. The van der Waals surface area contributed by atoms with E-state index in [4.69, 9.17) is 0 Å². The Bertz CT molecular complexity index is 375. The summed E-state index contributed by atoms with van der Waals surface area (Å²) in [6.45, 7) is 1.96. The molecule has 0 bridgehead atoms. The summed E-state index contributed by atoms with van der Waals surface area (Å²) in [5, 5.41) is 6.54. The monoisotopic (exact) mass is 221 g/mol. The van der Waals surface area contributed by atoms with Crippen molar-refractivity contribution in [2.24, 2.45) is 0 Å². The molecule has 1 aliphatic heterocycles. The van der Waals surface area contributed by atoms with E-state index in [0.29, 0.717) is 11.6 Å². The Morgan fingerprint density at radius 3 is 3.25 bits per heavy atom. The highest BCUT2D eigenvalue weighted by molar-refractivity contribution is 5.89. The summed E-state index contributed by atoms with van der Waals surface area (Å²) < 4.78 is 4.65. The van der Waals surface area contributed by atoms with Crippen LogP contribution in [0.25, 0.3) is 0 Å². The molecular weight excluding hydrogens is 206 g/mol. The molecule has 1 fully saturated rings. The van der Waals surface area contributed by atoms with E-state index in [-0.39, 0.29) is 5.97 Å². The Labute approximate surface area is 94.2 Å². The first-order valence-electron chi connectivity index (χ1n) is 5.31. The van der Waals surface area contributed by atoms with Gasteiger partial charge in [0, 0.05) is 18.8 Å². The third-order valence-electron chi connectivity index (χ3n) is 2.59. The number of hydrogen-bond acceptors (Lipinski definition) is 5. The second kappa shape index (κ2) is 4.94. The summed E-state index contributed by atoms with van der Waals surface area (Å²) in [4.78, 5) is 15.5. The van der Waals surface area contributed by atoms with Crippen molar-refractivity contribution in [3.8, 4) is 0 Å². The third kappa shape index (κ3) is 2.49. The molecule has 1 saturated heterocycles. The molecule has 86 valence electrons. The van der Waals surface area contributed by atoms with Crippen LogP contribution in [0, 0.1) is 0 Å². The molecule has 16 heavy (non-hydrogen) atoms. The van der Waals surface area contributed by atoms with Crippen LogP contribution in [0.3, 0.4) is 0 Å². The number of anilines is 1. The van der Waals surface area contributed by atoms with Crippen LogP contribution < -0.4 is 10.6 Å². The molecule has 2 rings (SSSR count). The smallest absolute Gasteiger partial charge is 0.338 e. The first-order valence-corrected chi connectivity index (χ1v) is 5.31. The minimum atomic E-state index is -0.338. The zero-order valence-corrected chi connectivity index (χ0v) is 9.19. The van der Waals surface area contributed by atoms with Gasteiger partial charge in [0.1, 0.15) is 5.82 Å². The quantitative estimate of drug-likeness (QED) is 0.733. The van der Waals surface area contributed by atoms with Crippen molar-refractivity contribution in [1.29, 1.82) is 0 Å². The number of nitrogens with one attached hydrogen (secondary N) is 2. The Balaban J connectivity index is 2.06. The Morgan fingerprint density at radius 2 is 2.56 bits per heavy atom. The number of carbonyl (C=O) groups excluding carboxylic acids is 1. The number of ether oxygens (including phenoxy) is 1. The molecule has 0 spiro atoms. The topological polar surface area (TPSA) is 63.2 Å². The van der Waals surface area contributed by atoms with Crippen molar-refractivity contribution in [3.63, 3.8) is 0 Å². The third-order valence-corrected chi connectivity index (χ3v) is 2.59. The first kappa shape index (κ1) is 10.9. The second-order valence-electron chi connectivity index (χ2n) is 3.76. The molecule has 0 radical (unpaired) electrons. The van der Waals surface area contributed by atoms with Crippen LogP contribution >= 0.6 is 0 Å². The zero-order chi connectivity index (χ0) is 11.4. The van der Waals surface area contributed by atoms with Gasteiger partial charge in [0.25, 0.3) is 0 Å². The summed E-state index contributed by atoms with van der Waals surface area (Å²) in [5.41, 5.74) is 0.519. The van der Waals surface area contributed by atoms with E-state index in [1.54, 1.807) is 18.3 Å². The maximum absolute atomic E-state index is 11.3. The van der Waals surface area contributed by atoms with Gasteiger partial charge in [-0.05, 0) is 25.1 Å². The van der Waals surface area contributed by atoms with Crippen molar-refractivity contribution < 1.29 is 9.53 Å². The molecule has 2 N–H and O–H groups in total. The molecule has 1 unspecified atom stereocenters. The fraction of sp³-hybridized carbons (Fsp3) is 0.455. The van der Waals surface area contributed by atoms with Crippen molar-refractivity contribution in [1.82, 2.24) is 10.3 Å². The summed E-state index contributed by atoms with van der Waals surface area (Å²) in [6.07, 6.45) is 2.68. The number of carbonyl (C=O) groups is 1. The van der Waals surface area contributed by atoms with Gasteiger partial charge in [0.15, 0.2) is 0 Å². The van der Waals surface area contributed by atoms with Gasteiger partial charge in [-0.1, -0.05) is 0 Å². The van der Waals surface area contributed by atoms with Gasteiger partial charge in [-0.3, -0.25) is 0 Å². The van der Waals surface area contributed by atoms with Gasteiger partial charge in [0.2, 0.25) is 0 Å². The molecule has 0 aromatic carbocycles. The molecule has 2 heterocycles. The minimum Gasteiger partial charge on any atom is -0.465 e. The Hall–Kier alpha value is -1.62. The molecule has 1 aromatic rings. The fourth-order valence-electron chi connectivity index (χ4n) is 1.74. The Kier molecular flexibility index (Phi) is 3.36. The summed E-state index contributed by atoms with van der Waals surface area (Å²) in [5.74, 6) is 0.381. The number of esters is 1. The average Bonchev–Trinajstić information content (AvgIpc) is 2.81. The highest BCUT2D eigenvalue weighted by atomic mass is 16.5. The van der Waals surface area contributed by atoms with E-state index < -0.39 is 0 Å². The van der Waals surface area contributed by atoms with Crippen LogP contribution in [0.5, 0.6) is 0 Å². The highest BCUT2D eigenvalue weighted by Crippen LogP contribution is 2.11. The van der Waals surface area contributed by atoms with Gasteiger partial charge in [-0.2, -0.15) is 0 Å². The predicted molar refractivity (Wildman–Crippen MR) is 60.5 cm³/mol. The second-order valence-corrected chi connectivity index (χ2v) is 3.76. The van der Waals surface area contributed by atoms with Crippen LogP contribution in [0.15, 0.2) is 18.3 Å². The summed E-state index contributed by atoms with van der Waals surface area (Å²) in [6, 6.07) is 3.74. The Morgan fingerprint density at radius 1 is 1.69 bits per heavy atom. The number of hydrogen-bond donors (Lipinski definition) is 2. The van der Waals surface area contributed by atoms with Crippen LogP contribution in [0.2, 0.25) is 0 Å². The van der Waals surface area contributed by atoms with Gasteiger partial charge in [0.05, 0.1) is 12.7 Å². The summed E-state index contributed by atoms with van der Waals surface area (Å²) >= 11 is 0. The van der Waals surface area contributed by atoms with Crippen LogP contribution in [0.4, 0.5) is 5.82 Å². The molecule has 5 heteroatoms. The van der Waals surface area contributed by atoms with Crippen molar-refractivity contribution >= 4 is 11.8 Å². The van der Waals surface area contributed by atoms with E-state index in [0.717, 1.165) is 25.3 Å². The molecule has 0 amide bonds. The van der Waals surface area contributed by atoms with E-state index in [1.165, 1.54) is 7.11 Å². The highest BCUT2D eigenvalue weighted by Gasteiger charge is 2.15. The largest absolute Gasteiger partial charge is 0.465 e. The molecule has 0 saturated carbocycles. The van der Waals surface area contributed by atoms with E-state index in [2.05, 4.69) is 20.4 Å². The van der Waals surface area contributed by atoms with Crippen LogP contribution in [0.1, 0.15) is 16.8 Å². The molecule has 0 aliphatic carbocycles. The first-order chi connectivity index (χ1) is 7.79. The van der Waals surface area contributed by atoms with Crippen molar-refractivity contribution in [2.75, 3.05) is 25.5 Å². The fourth-order valence-corrected chi connectivity index (χ4v) is 1.74. The number of aromatic nitrogens is 1. The number of methoxy groups -OCH3 is 1. The normalized spacial score (nSPS) is 19.4. The molecule has 1 atom stereocenters. The summed E-state index contributed by atoms with van der Waals surface area (Å²) in [7, 11) is 1.37. The van der Waals surface area contributed by atoms with Crippen molar-refractivity contribution in [3.05, 3.63) is 23.9 Å². The van der Waals surface area contributed by atoms with Crippen LogP contribution in [-0.4, -0.2) is 37.2 Å². The number of rotatable bonds is 3. The van der Waals surface area contributed by atoms with Crippen molar-refractivity contribution in [2.45, 2.75) is 12.5 Å². The van der Waals surface area contributed by atoms with Gasteiger partial charge in [-0.15, -0.1) is 0 Å². The maximum atomic E-state index is 11.3. The standard InChI is InChI=1S/C11H15N3O2/c1-16-11(15)8-2-5-13-10(6-8)14-9-3-4-12-7-9/h2,5-6,9,12H,3-4,7H2,1H3,(H,13,14). The lowest BCUT2D eigenvalue weighted by Crippen LogP contribution is -2.22. The van der Waals surface area contributed by atoms with E-state index >= 15 is 0 Å². The molecule has 1 aliphatic rings. The van der Waals surface area contributed by atoms with Gasteiger partial charge in [-0.25, -0.2) is 9.78 Å². The molecule has 1 aromatic heterocycles. The van der Waals surface area contributed by atoms with Gasteiger partial charge >= 0.3 is 5.97 Å². The lowest BCUT2D eigenvalue weighted by atomic mass is 10.2. The molecular formula is C11H15N3O2. The van der Waals surface area contributed by atoms with Gasteiger partial charge < -0.3 is 15.4 Å².